The first-order valence-corrected chi connectivity index (χ1v) is 11.5. The molecule has 35 heavy (non-hydrogen) atoms. The maximum Gasteiger partial charge on any atom is 0.253 e. The molecule has 176 valence electrons. The highest BCUT2D eigenvalue weighted by Crippen LogP contribution is 2.21. The van der Waals surface area contributed by atoms with E-state index in [-0.39, 0.29) is 11.8 Å². The zero-order chi connectivity index (χ0) is 24.6. The largest absolute Gasteiger partial charge is 0.489 e. The van der Waals surface area contributed by atoms with Crippen LogP contribution in [0.25, 0.3) is 0 Å². The van der Waals surface area contributed by atoms with E-state index in [0.717, 1.165) is 16.7 Å². The summed E-state index contributed by atoms with van der Waals surface area (Å²) in [5.74, 6) is 0.0867. The van der Waals surface area contributed by atoms with Crippen LogP contribution in [0.4, 0.5) is 0 Å². The first-order chi connectivity index (χ1) is 17.0. The van der Waals surface area contributed by atoms with E-state index in [9.17, 15) is 9.59 Å². The fraction of sp³-hybridized carbons (Fsp3) is 0.133. The van der Waals surface area contributed by atoms with Gasteiger partial charge in [0.25, 0.3) is 11.8 Å². The number of hydrogen-bond donors (Lipinski definition) is 2. The number of ether oxygens (including phenoxy) is 1. The molecule has 0 radical (unpaired) electrons. The van der Waals surface area contributed by atoms with Crippen LogP contribution in [0.3, 0.4) is 0 Å². The van der Waals surface area contributed by atoms with Crippen LogP contribution in [0.1, 0.15) is 49.1 Å². The highest BCUT2D eigenvalue weighted by molar-refractivity contribution is 5.97. The molecule has 0 spiro atoms. The number of carbonyl (C=O) groups is 2. The normalized spacial score (nSPS) is 10.6. The Bertz CT molecular complexity index is 1260. The van der Waals surface area contributed by atoms with Crippen molar-refractivity contribution in [2.45, 2.75) is 26.6 Å². The van der Waals surface area contributed by atoms with Gasteiger partial charge in [0.1, 0.15) is 18.5 Å². The van der Waals surface area contributed by atoms with Crippen LogP contribution < -0.4 is 15.4 Å². The summed E-state index contributed by atoms with van der Waals surface area (Å²) in [6.07, 6.45) is -0.753. The van der Waals surface area contributed by atoms with Crippen LogP contribution in [0, 0.1) is 13.8 Å². The topological polar surface area (TPSA) is 67.4 Å². The van der Waals surface area contributed by atoms with Crippen molar-refractivity contribution in [2.24, 2.45) is 0 Å². The number of hydrogen-bond acceptors (Lipinski definition) is 3. The van der Waals surface area contributed by atoms with Gasteiger partial charge in [-0.05, 0) is 61.4 Å². The molecule has 0 aliphatic heterocycles. The minimum absolute atomic E-state index is 0.279. The molecule has 4 rings (SSSR count). The number of amides is 2. The lowest BCUT2D eigenvalue weighted by atomic mass is 10.1. The van der Waals surface area contributed by atoms with Gasteiger partial charge in [-0.1, -0.05) is 77.9 Å². The smallest absolute Gasteiger partial charge is 0.253 e. The standard InChI is InChI=1S/C30H28N2O3/c1-21-9-6-14-25(17-21)29(33)31-28(32-30(34)26-15-7-10-22(2)18-26)24-13-8-16-27(19-24)35-20-23-11-4-3-5-12-23/h3-19,28H,20H2,1-2H3,(H,31,33)(H,32,34). The fourth-order valence-corrected chi connectivity index (χ4v) is 3.73. The number of carbonyl (C=O) groups excluding carboxylic acids is 2. The van der Waals surface area contributed by atoms with Crippen molar-refractivity contribution in [3.8, 4) is 5.75 Å². The molecule has 0 aliphatic carbocycles. The van der Waals surface area contributed by atoms with Crippen LogP contribution >= 0.6 is 0 Å². The second-order valence-electron chi connectivity index (χ2n) is 8.47. The Labute approximate surface area is 205 Å². The molecule has 0 aliphatic rings. The van der Waals surface area contributed by atoms with E-state index >= 15 is 0 Å². The lowest BCUT2D eigenvalue weighted by Gasteiger charge is -2.22. The second kappa shape index (κ2) is 11.2. The minimum atomic E-state index is -0.753. The summed E-state index contributed by atoms with van der Waals surface area (Å²) in [6.45, 7) is 4.28. The van der Waals surface area contributed by atoms with E-state index in [1.807, 2.05) is 105 Å². The van der Waals surface area contributed by atoms with Gasteiger partial charge in [-0.3, -0.25) is 9.59 Å². The molecular formula is C30H28N2O3. The van der Waals surface area contributed by atoms with Crippen molar-refractivity contribution in [3.63, 3.8) is 0 Å². The molecule has 0 saturated carbocycles. The molecule has 0 bridgehead atoms. The molecule has 0 unspecified atom stereocenters. The molecule has 0 aromatic heterocycles. The van der Waals surface area contributed by atoms with Gasteiger partial charge >= 0.3 is 0 Å². The van der Waals surface area contributed by atoms with Gasteiger partial charge in [0, 0.05) is 11.1 Å². The molecular weight excluding hydrogens is 436 g/mol. The maximum absolute atomic E-state index is 13.1. The first-order valence-electron chi connectivity index (χ1n) is 11.5. The summed E-state index contributed by atoms with van der Waals surface area (Å²) in [5, 5.41) is 5.93. The summed E-state index contributed by atoms with van der Waals surface area (Å²) in [6, 6.07) is 31.9. The summed E-state index contributed by atoms with van der Waals surface area (Å²) in [4.78, 5) is 26.1. The highest BCUT2D eigenvalue weighted by Gasteiger charge is 2.20. The van der Waals surface area contributed by atoms with Crippen molar-refractivity contribution in [2.75, 3.05) is 0 Å². The molecule has 2 N–H and O–H groups in total. The SMILES string of the molecule is Cc1cccc(C(=O)NC(NC(=O)c2cccc(C)c2)c2cccc(OCc3ccccc3)c2)c1. The third kappa shape index (κ3) is 6.58. The van der Waals surface area contributed by atoms with Gasteiger partial charge in [0.2, 0.25) is 0 Å². The van der Waals surface area contributed by atoms with Gasteiger partial charge < -0.3 is 15.4 Å². The number of nitrogens with one attached hydrogen (secondary N) is 2. The molecule has 2 amide bonds. The van der Waals surface area contributed by atoms with Crippen molar-refractivity contribution in [1.82, 2.24) is 10.6 Å². The number of benzene rings is 4. The van der Waals surface area contributed by atoms with E-state index < -0.39 is 6.17 Å². The summed E-state index contributed by atoms with van der Waals surface area (Å²) in [5.41, 5.74) is 4.77. The second-order valence-corrected chi connectivity index (χ2v) is 8.47. The Hall–Kier alpha value is -4.38. The van der Waals surface area contributed by atoms with Crippen LogP contribution in [-0.4, -0.2) is 11.8 Å². The Morgan fingerprint density at radius 2 is 1.26 bits per heavy atom. The van der Waals surface area contributed by atoms with Crippen LogP contribution in [-0.2, 0) is 6.61 Å². The third-order valence-electron chi connectivity index (χ3n) is 5.55. The van der Waals surface area contributed by atoms with Crippen LogP contribution in [0.15, 0.2) is 103 Å². The number of rotatable bonds is 8. The predicted octanol–water partition coefficient (Wildman–Crippen LogP) is 5.74. The van der Waals surface area contributed by atoms with Crippen LogP contribution in [0.5, 0.6) is 5.75 Å². The summed E-state index contributed by atoms with van der Waals surface area (Å²) >= 11 is 0. The lowest BCUT2D eigenvalue weighted by molar-refractivity contribution is 0.0883. The molecule has 0 atom stereocenters. The van der Waals surface area contributed by atoms with Gasteiger partial charge in [0.05, 0.1) is 0 Å². The van der Waals surface area contributed by atoms with E-state index in [2.05, 4.69) is 10.6 Å². The molecule has 0 fully saturated rings. The van der Waals surface area contributed by atoms with Crippen LogP contribution in [0.2, 0.25) is 0 Å². The van der Waals surface area contributed by atoms with Gasteiger partial charge in [-0.25, -0.2) is 0 Å². The van der Waals surface area contributed by atoms with Crippen molar-refractivity contribution < 1.29 is 14.3 Å². The Morgan fingerprint density at radius 3 is 1.83 bits per heavy atom. The van der Waals surface area contributed by atoms with Crippen molar-refractivity contribution in [3.05, 3.63) is 137 Å². The van der Waals surface area contributed by atoms with Crippen molar-refractivity contribution in [1.29, 1.82) is 0 Å². The molecule has 4 aromatic carbocycles. The maximum atomic E-state index is 13.1. The zero-order valence-corrected chi connectivity index (χ0v) is 19.8. The highest BCUT2D eigenvalue weighted by atomic mass is 16.5. The predicted molar refractivity (Wildman–Crippen MR) is 137 cm³/mol. The number of aryl methyl sites for hydroxylation is 2. The zero-order valence-electron chi connectivity index (χ0n) is 19.8. The summed E-state index contributed by atoms with van der Waals surface area (Å²) < 4.78 is 5.97. The van der Waals surface area contributed by atoms with Crippen molar-refractivity contribution >= 4 is 11.8 Å². The quantitative estimate of drug-likeness (QED) is 0.327. The average Bonchev–Trinajstić information content (AvgIpc) is 2.88. The van der Waals surface area contributed by atoms with Gasteiger partial charge in [0.15, 0.2) is 0 Å². The molecule has 4 aromatic rings. The van der Waals surface area contributed by atoms with E-state index in [1.165, 1.54) is 0 Å². The monoisotopic (exact) mass is 464 g/mol. The molecule has 0 heterocycles. The van der Waals surface area contributed by atoms with E-state index in [0.29, 0.717) is 29.0 Å². The van der Waals surface area contributed by atoms with Gasteiger partial charge in [-0.2, -0.15) is 0 Å². The lowest BCUT2D eigenvalue weighted by Crippen LogP contribution is -2.41. The molecule has 5 nitrogen and oxygen atoms in total. The average molecular weight is 465 g/mol. The minimum Gasteiger partial charge on any atom is -0.489 e. The van der Waals surface area contributed by atoms with Gasteiger partial charge in [-0.15, -0.1) is 0 Å². The Kier molecular flexibility index (Phi) is 7.58. The van der Waals surface area contributed by atoms with E-state index in [1.54, 1.807) is 12.1 Å². The van der Waals surface area contributed by atoms with E-state index in [4.69, 9.17) is 4.74 Å². The molecule has 5 heteroatoms. The Balaban J connectivity index is 1.57. The summed E-state index contributed by atoms with van der Waals surface area (Å²) in [7, 11) is 0. The first kappa shape index (κ1) is 23.8. The molecule has 0 saturated heterocycles. The Morgan fingerprint density at radius 1 is 0.686 bits per heavy atom. The fourth-order valence-electron chi connectivity index (χ4n) is 3.73. The third-order valence-corrected chi connectivity index (χ3v) is 5.55.